The molecule has 2 aliphatic heterocycles. The molecule has 6 heteroatoms. The Kier molecular flexibility index (Phi) is 4.08. The zero-order valence-electron chi connectivity index (χ0n) is 13.9. The summed E-state index contributed by atoms with van der Waals surface area (Å²) < 4.78 is 11.6. The van der Waals surface area contributed by atoms with E-state index in [1.54, 1.807) is 0 Å². The van der Waals surface area contributed by atoms with Crippen molar-refractivity contribution in [2.75, 3.05) is 36.5 Å². The van der Waals surface area contributed by atoms with Gasteiger partial charge in [-0.25, -0.2) is 4.98 Å². The molecule has 2 aromatic rings. The van der Waals surface area contributed by atoms with E-state index < -0.39 is 0 Å². The number of aromatic nitrogens is 2. The smallest absolute Gasteiger partial charge is 0.229 e. The first-order valence-corrected chi connectivity index (χ1v) is 8.43. The van der Waals surface area contributed by atoms with Crippen LogP contribution in [0.5, 0.6) is 0 Å². The lowest BCUT2D eigenvalue weighted by Gasteiger charge is -2.38. The number of ether oxygens (including phenoxy) is 2. The molecule has 3 heterocycles. The van der Waals surface area contributed by atoms with Crippen molar-refractivity contribution in [3.63, 3.8) is 0 Å². The van der Waals surface area contributed by atoms with Crippen molar-refractivity contribution in [3.05, 3.63) is 42.1 Å². The molecule has 2 saturated heterocycles. The second-order valence-corrected chi connectivity index (χ2v) is 6.28. The quantitative estimate of drug-likeness (QED) is 0.936. The maximum atomic E-state index is 5.80. The summed E-state index contributed by atoms with van der Waals surface area (Å²) in [7, 11) is 0. The van der Waals surface area contributed by atoms with Crippen LogP contribution in [-0.2, 0) is 9.47 Å². The Labute approximate surface area is 141 Å². The maximum Gasteiger partial charge on any atom is 0.229 e. The van der Waals surface area contributed by atoms with Crippen LogP contribution in [0, 0.1) is 6.92 Å². The lowest BCUT2D eigenvalue weighted by atomic mass is 10.0. The molecule has 0 amide bonds. The van der Waals surface area contributed by atoms with Gasteiger partial charge in [0.15, 0.2) is 5.79 Å². The van der Waals surface area contributed by atoms with E-state index in [1.807, 2.05) is 43.3 Å². The highest BCUT2D eigenvalue weighted by Gasteiger charge is 2.40. The van der Waals surface area contributed by atoms with Crippen LogP contribution in [0.15, 0.2) is 36.4 Å². The first-order chi connectivity index (χ1) is 11.7. The summed E-state index contributed by atoms with van der Waals surface area (Å²) in [6.07, 6.45) is 1.75. The van der Waals surface area contributed by atoms with Gasteiger partial charge in [-0.15, -0.1) is 0 Å². The average molecular weight is 326 g/mol. The van der Waals surface area contributed by atoms with Gasteiger partial charge < -0.3 is 19.7 Å². The van der Waals surface area contributed by atoms with Crippen molar-refractivity contribution in [1.29, 1.82) is 0 Å². The Morgan fingerprint density at radius 3 is 2.46 bits per heavy atom. The molecular formula is C18H22N4O2. The lowest BCUT2D eigenvalue weighted by molar-refractivity contribution is -0.169. The van der Waals surface area contributed by atoms with Crippen molar-refractivity contribution in [1.82, 2.24) is 9.97 Å². The van der Waals surface area contributed by atoms with E-state index in [0.29, 0.717) is 19.2 Å². The van der Waals surface area contributed by atoms with E-state index in [-0.39, 0.29) is 5.79 Å². The SMILES string of the molecule is Cc1cc(N2CCC3(CC2)OCCO3)nc(Nc2ccccc2)n1. The zero-order chi connectivity index (χ0) is 16.4. The van der Waals surface area contributed by atoms with Crippen LogP contribution in [0.25, 0.3) is 0 Å². The summed E-state index contributed by atoms with van der Waals surface area (Å²) in [5.41, 5.74) is 1.94. The fourth-order valence-electron chi connectivity index (χ4n) is 3.28. The predicted octanol–water partition coefficient (Wildman–Crippen LogP) is 2.87. The van der Waals surface area contributed by atoms with Crippen LogP contribution in [0.4, 0.5) is 17.5 Å². The van der Waals surface area contributed by atoms with Gasteiger partial charge in [0.05, 0.1) is 13.2 Å². The summed E-state index contributed by atoms with van der Waals surface area (Å²) in [4.78, 5) is 11.5. The number of rotatable bonds is 3. The fraction of sp³-hybridized carbons (Fsp3) is 0.444. The van der Waals surface area contributed by atoms with E-state index in [0.717, 1.165) is 43.1 Å². The molecule has 0 saturated carbocycles. The molecule has 1 aromatic heterocycles. The molecule has 0 atom stereocenters. The van der Waals surface area contributed by atoms with E-state index in [4.69, 9.17) is 9.47 Å². The van der Waals surface area contributed by atoms with E-state index in [9.17, 15) is 0 Å². The fourth-order valence-corrected chi connectivity index (χ4v) is 3.28. The molecule has 1 spiro atoms. The van der Waals surface area contributed by atoms with Crippen LogP contribution in [0.2, 0.25) is 0 Å². The van der Waals surface area contributed by atoms with Gasteiger partial charge in [-0.2, -0.15) is 4.98 Å². The molecule has 1 aromatic carbocycles. The molecule has 0 radical (unpaired) electrons. The van der Waals surface area contributed by atoms with Crippen LogP contribution >= 0.6 is 0 Å². The Bertz CT molecular complexity index is 691. The second-order valence-electron chi connectivity index (χ2n) is 6.28. The monoisotopic (exact) mass is 326 g/mol. The summed E-state index contributed by atoms with van der Waals surface area (Å²) in [5.74, 6) is 1.22. The second kappa shape index (κ2) is 6.37. The number of benzene rings is 1. The number of nitrogens with one attached hydrogen (secondary N) is 1. The largest absolute Gasteiger partial charge is 0.356 e. The van der Waals surface area contributed by atoms with E-state index in [2.05, 4.69) is 20.2 Å². The van der Waals surface area contributed by atoms with Gasteiger partial charge in [0.2, 0.25) is 5.95 Å². The predicted molar refractivity (Wildman–Crippen MR) is 92.6 cm³/mol. The lowest BCUT2D eigenvalue weighted by Crippen LogP contribution is -2.45. The summed E-state index contributed by atoms with van der Waals surface area (Å²) in [5, 5.41) is 3.27. The van der Waals surface area contributed by atoms with Crippen LogP contribution < -0.4 is 10.2 Å². The number of nitrogens with zero attached hydrogens (tertiary/aromatic N) is 3. The van der Waals surface area contributed by atoms with Crippen molar-refractivity contribution in [2.24, 2.45) is 0 Å². The van der Waals surface area contributed by atoms with Gasteiger partial charge in [0, 0.05) is 43.4 Å². The van der Waals surface area contributed by atoms with Crippen molar-refractivity contribution < 1.29 is 9.47 Å². The minimum atomic E-state index is -0.357. The average Bonchev–Trinajstić information content (AvgIpc) is 3.04. The first kappa shape index (κ1) is 15.4. The third kappa shape index (κ3) is 3.20. The van der Waals surface area contributed by atoms with Gasteiger partial charge in [0.25, 0.3) is 0 Å². The Hall–Kier alpha value is -2.18. The molecule has 2 aliphatic rings. The normalized spacial score (nSPS) is 19.6. The highest BCUT2D eigenvalue weighted by atomic mass is 16.7. The van der Waals surface area contributed by atoms with Crippen molar-refractivity contribution >= 4 is 17.5 Å². The molecule has 4 rings (SSSR count). The van der Waals surface area contributed by atoms with Crippen LogP contribution in [0.1, 0.15) is 18.5 Å². The van der Waals surface area contributed by atoms with Crippen LogP contribution in [0.3, 0.4) is 0 Å². The third-order valence-electron chi connectivity index (χ3n) is 4.53. The maximum absolute atomic E-state index is 5.80. The molecular weight excluding hydrogens is 304 g/mol. The van der Waals surface area contributed by atoms with Gasteiger partial charge in [-0.05, 0) is 19.1 Å². The molecule has 0 aliphatic carbocycles. The van der Waals surface area contributed by atoms with Gasteiger partial charge in [-0.3, -0.25) is 0 Å². The minimum absolute atomic E-state index is 0.357. The number of hydrogen-bond donors (Lipinski definition) is 1. The van der Waals surface area contributed by atoms with Crippen molar-refractivity contribution in [3.8, 4) is 0 Å². The van der Waals surface area contributed by atoms with Gasteiger partial charge >= 0.3 is 0 Å². The Morgan fingerprint density at radius 1 is 1.04 bits per heavy atom. The van der Waals surface area contributed by atoms with Crippen LogP contribution in [-0.4, -0.2) is 42.1 Å². The standard InChI is InChI=1S/C18H22N4O2/c1-14-13-16(21-17(19-14)20-15-5-3-2-4-6-15)22-9-7-18(8-10-22)23-11-12-24-18/h2-6,13H,7-12H2,1H3,(H,19,20,21). The molecule has 2 fully saturated rings. The van der Waals surface area contributed by atoms with E-state index in [1.165, 1.54) is 0 Å². The molecule has 6 nitrogen and oxygen atoms in total. The highest BCUT2D eigenvalue weighted by molar-refractivity contribution is 5.55. The Balaban J connectivity index is 1.49. The Morgan fingerprint density at radius 2 is 1.75 bits per heavy atom. The number of hydrogen-bond acceptors (Lipinski definition) is 6. The minimum Gasteiger partial charge on any atom is -0.356 e. The summed E-state index contributed by atoms with van der Waals surface area (Å²) in [6, 6.07) is 12.0. The highest BCUT2D eigenvalue weighted by Crippen LogP contribution is 2.33. The third-order valence-corrected chi connectivity index (χ3v) is 4.53. The molecule has 1 N–H and O–H groups in total. The van der Waals surface area contributed by atoms with Crippen molar-refractivity contribution in [2.45, 2.75) is 25.6 Å². The first-order valence-electron chi connectivity index (χ1n) is 8.43. The van der Waals surface area contributed by atoms with Gasteiger partial charge in [0.1, 0.15) is 5.82 Å². The van der Waals surface area contributed by atoms with Gasteiger partial charge in [-0.1, -0.05) is 18.2 Å². The zero-order valence-corrected chi connectivity index (χ0v) is 13.9. The number of aryl methyl sites for hydroxylation is 1. The number of anilines is 3. The van der Waals surface area contributed by atoms with E-state index >= 15 is 0 Å². The topological polar surface area (TPSA) is 59.5 Å². The summed E-state index contributed by atoms with van der Waals surface area (Å²) in [6.45, 7) is 5.16. The molecule has 24 heavy (non-hydrogen) atoms. The number of piperidine rings is 1. The molecule has 126 valence electrons. The molecule has 0 bridgehead atoms. The number of para-hydroxylation sites is 1. The summed E-state index contributed by atoms with van der Waals surface area (Å²) >= 11 is 0. The molecule has 0 unspecified atom stereocenters.